The highest BCUT2D eigenvalue weighted by Crippen LogP contribution is 2.25. The van der Waals surface area contributed by atoms with Crippen LogP contribution in [0, 0.1) is 6.92 Å². The number of rotatable bonds is 5. The fraction of sp³-hybridized carbons (Fsp3) is 0.250. The number of carbonyl (C=O) groups is 1. The van der Waals surface area contributed by atoms with Crippen molar-refractivity contribution in [3.8, 4) is 0 Å². The molecule has 0 aromatic carbocycles. The van der Waals surface area contributed by atoms with Crippen LogP contribution in [0.4, 0.5) is 11.5 Å². The largest absolute Gasteiger partial charge is 0.397 e. The lowest BCUT2D eigenvalue weighted by Crippen LogP contribution is -2.27. The molecule has 3 heterocycles. The van der Waals surface area contributed by atoms with Crippen LogP contribution in [0.2, 0.25) is 0 Å². The number of hydrazine groups is 1. The fourth-order valence-electron chi connectivity index (χ4n) is 2.53. The highest BCUT2D eigenvalue weighted by molar-refractivity contribution is 6.04. The fourth-order valence-corrected chi connectivity index (χ4v) is 2.53. The van der Waals surface area contributed by atoms with E-state index in [-0.39, 0.29) is 11.3 Å². The van der Waals surface area contributed by atoms with Crippen LogP contribution in [-0.4, -0.2) is 26.0 Å². The molecule has 156 valence electrons. The summed E-state index contributed by atoms with van der Waals surface area (Å²) < 4.78 is 5.29. The molecule has 0 atom stereocenters. The molecule has 0 bridgehead atoms. The summed E-state index contributed by atoms with van der Waals surface area (Å²) in [7, 11) is 0. The van der Waals surface area contributed by atoms with Gasteiger partial charge in [0.1, 0.15) is 12.1 Å². The molecule has 0 aliphatic rings. The Morgan fingerprint density at radius 2 is 1.87 bits per heavy atom. The maximum atomic E-state index is 12.7. The molecule has 3 aromatic heterocycles. The SMILES string of the molecule is Cc1ncc(C(=O)Nc2cc(C(C)(C)C)on2)cc1N(N)/C=C(\N)c1cncnc1. The minimum absolute atomic E-state index is 0.218. The van der Waals surface area contributed by atoms with Gasteiger partial charge in [0.15, 0.2) is 5.82 Å². The summed E-state index contributed by atoms with van der Waals surface area (Å²) in [5.41, 5.74) is 8.27. The topological polar surface area (TPSA) is 149 Å². The van der Waals surface area contributed by atoms with Crippen molar-refractivity contribution in [2.24, 2.45) is 11.6 Å². The molecule has 0 aliphatic carbocycles. The number of amides is 1. The Morgan fingerprint density at radius 1 is 1.17 bits per heavy atom. The minimum Gasteiger partial charge on any atom is -0.397 e. The second-order valence-corrected chi connectivity index (χ2v) is 7.73. The number of anilines is 2. The van der Waals surface area contributed by atoms with Crippen LogP contribution in [-0.2, 0) is 5.41 Å². The Labute approximate surface area is 174 Å². The third kappa shape index (κ3) is 4.78. The van der Waals surface area contributed by atoms with E-state index in [9.17, 15) is 4.79 Å². The highest BCUT2D eigenvalue weighted by Gasteiger charge is 2.21. The number of nitrogens with two attached hydrogens (primary N) is 2. The number of aryl methyl sites for hydroxylation is 1. The van der Waals surface area contributed by atoms with Crippen molar-refractivity contribution in [1.29, 1.82) is 0 Å². The lowest BCUT2D eigenvalue weighted by molar-refractivity contribution is 0.102. The maximum Gasteiger partial charge on any atom is 0.258 e. The van der Waals surface area contributed by atoms with E-state index in [1.54, 1.807) is 31.5 Å². The lowest BCUT2D eigenvalue weighted by Gasteiger charge is -2.18. The van der Waals surface area contributed by atoms with Crippen LogP contribution in [0.3, 0.4) is 0 Å². The third-order valence-corrected chi connectivity index (χ3v) is 4.26. The van der Waals surface area contributed by atoms with Crippen LogP contribution in [0.15, 0.2) is 47.8 Å². The third-order valence-electron chi connectivity index (χ3n) is 4.26. The highest BCUT2D eigenvalue weighted by atomic mass is 16.5. The number of aromatic nitrogens is 4. The van der Waals surface area contributed by atoms with Crippen molar-refractivity contribution in [3.05, 3.63) is 65.8 Å². The average Bonchev–Trinajstić information content (AvgIpc) is 3.17. The van der Waals surface area contributed by atoms with Gasteiger partial charge in [-0.25, -0.2) is 15.8 Å². The number of hydrogen-bond acceptors (Lipinski definition) is 9. The van der Waals surface area contributed by atoms with E-state index in [1.165, 1.54) is 23.7 Å². The Kier molecular flexibility index (Phi) is 5.79. The van der Waals surface area contributed by atoms with E-state index in [1.807, 2.05) is 20.8 Å². The number of hydrogen-bond donors (Lipinski definition) is 3. The van der Waals surface area contributed by atoms with E-state index < -0.39 is 0 Å². The number of pyridine rings is 1. The second kappa shape index (κ2) is 8.29. The van der Waals surface area contributed by atoms with Gasteiger partial charge >= 0.3 is 0 Å². The molecule has 3 aromatic rings. The molecule has 0 saturated heterocycles. The first-order chi connectivity index (χ1) is 14.1. The molecule has 0 unspecified atom stereocenters. The predicted molar refractivity (Wildman–Crippen MR) is 113 cm³/mol. The summed E-state index contributed by atoms with van der Waals surface area (Å²) in [5.74, 6) is 6.74. The van der Waals surface area contributed by atoms with Gasteiger partial charge in [-0.15, -0.1) is 0 Å². The molecule has 0 aliphatic heterocycles. The zero-order valence-electron chi connectivity index (χ0n) is 17.2. The quantitative estimate of drug-likeness (QED) is 0.427. The second-order valence-electron chi connectivity index (χ2n) is 7.73. The Bertz CT molecular complexity index is 1070. The van der Waals surface area contributed by atoms with Crippen molar-refractivity contribution in [1.82, 2.24) is 20.1 Å². The molecule has 3 rings (SSSR count). The first-order valence-corrected chi connectivity index (χ1v) is 9.17. The molecular weight excluding hydrogens is 384 g/mol. The van der Waals surface area contributed by atoms with Gasteiger partial charge in [-0.3, -0.25) is 14.8 Å². The summed E-state index contributed by atoms with van der Waals surface area (Å²) in [5, 5.41) is 7.90. The van der Waals surface area contributed by atoms with Crippen LogP contribution in [0.25, 0.3) is 5.70 Å². The first kappa shape index (κ1) is 20.9. The maximum absolute atomic E-state index is 12.7. The van der Waals surface area contributed by atoms with Crippen molar-refractivity contribution in [3.63, 3.8) is 0 Å². The standard InChI is InChI=1S/C20H24N8O2/c1-12-16(28(22)10-15(21)14-7-23-11-24-8-14)5-13(9-25-12)19(29)26-18-6-17(30-27-18)20(2,3)4/h5-11H,21-22H2,1-4H3,(H,26,27,29)/b15-10-. The first-order valence-electron chi connectivity index (χ1n) is 9.17. The van der Waals surface area contributed by atoms with E-state index in [4.69, 9.17) is 16.1 Å². The van der Waals surface area contributed by atoms with E-state index >= 15 is 0 Å². The Balaban J connectivity index is 1.80. The lowest BCUT2D eigenvalue weighted by atomic mass is 9.93. The average molecular weight is 408 g/mol. The molecule has 0 spiro atoms. The van der Waals surface area contributed by atoms with Gasteiger partial charge < -0.3 is 15.6 Å². The monoisotopic (exact) mass is 408 g/mol. The van der Waals surface area contributed by atoms with Crippen LogP contribution < -0.4 is 21.9 Å². The molecular formula is C20H24N8O2. The zero-order chi connectivity index (χ0) is 21.9. The van der Waals surface area contributed by atoms with Gasteiger partial charge in [0.25, 0.3) is 5.91 Å². The van der Waals surface area contributed by atoms with Crippen LogP contribution >= 0.6 is 0 Å². The summed E-state index contributed by atoms with van der Waals surface area (Å²) in [6.45, 7) is 7.75. The molecule has 0 saturated carbocycles. The van der Waals surface area contributed by atoms with Gasteiger partial charge in [-0.05, 0) is 13.0 Å². The van der Waals surface area contributed by atoms with E-state index in [0.717, 1.165) is 0 Å². The van der Waals surface area contributed by atoms with Crippen molar-refractivity contribution >= 4 is 23.1 Å². The molecule has 30 heavy (non-hydrogen) atoms. The Morgan fingerprint density at radius 3 is 2.50 bits per heavy atom. The zero-order valence-corrected chi connectivity index (χ0v) is 17.2. The normalized spacial score (nSPS) is 12.0. The van der Waals surface area contributed by atoms with E-state index in [2.05, 4.69) is 25.4 Å². The van der Waals surface area contributed by atoms with Gasteiger partial charge in [-0.1, -0.05) is 25.9 Å². The van der Waals surface area contributed by atoms with Gasteiger partial charge in [-0.2, -0.15) is 0 Å². The number of carbonyl (C=O) groups excluding carboxylic acids is 1. The number of nitrogens with zero attached hydrogens (tertiary/aromatic N) is 5. The Hall–Kier alpha value is -3.79. The summed E-state index contributed by atoms with van der Waals surface area (Å²) in [6.07, 6.45) is 7.53. The van der Waals surface area contributed by atoms with Crippen LogP contribution in [0.5, 0.6) is 0 Å². The summed E-state index contributed by atoms with van der Waals surface area (Å²) in [4.78, 5) is 24.8. The van der Waals surface area contributed by atoms with Crippen molar-refractivity contribution in [2.75, 3.05) is 10.3 Å². The summed E-state index contributed by atoms with van der Waals surface area (Å²) >= 11 is 0. The number of nitrogens with one attached hydrogen (secondary N) is 1. The van der Waals surface area contributed by atoms with Crippen molar-refractivity contribution in [2.45, 2.75) is 33.1 Å². The summed E-state index contributed by atoms with van der Waals surface area (Å²) in [6, 6.07) is 3.31. The smallest absolute Gasteiger partial charge is 0.258 e. The van der Waals surface area contributed by atoms with E-state index in [0.29, 0.717) is 39.8 Å². The molecule has 10 nitrogen and oxygen atoms in total. The van der Waals surface area contributed by atoms with Crippen molar-refractivity contribution < 1.29 is 9.32 Å². The predicted octanol–water partition coefficient (Wildman–Crippen LogP) is 2.36. The molecule has 1 amide bonds. The minimum atomic E-state index is -0.390. The van der Waals surface area contributed by atoms with Crippen LogP contribution in [0.1, 0.15) is 48.1 Å². The van der Waals surface area contributed by atoms with Gasteiger partial charge in [0.2, 0.25) is 0 Å². The van der Waals surface area contributed by atoms with Gasteiger partial charge in [0, 0.05) is 41.8 Å². The molecule has 5 N–H and O–H groups in total. The molecule has 0 fully saturated rings. The molecule has 10 heteroatoms. The molecule has 0 radical (unpaired) electrons. The van der Waals surface area contributed by atoms with Gasteiger partial charge in [0.05, 0.1) is 22.6 Å².